The monoisotopic (exact) mass is 390 g/mol. The fourth-order valence-corrected chi connectivity index (χ4v) is 4.02. The van der Waals surface area contributed by atoms with Crippen molar-refractivity contribution in [2.45, 2.75) is 48.7 Å². The van der Waals surface area contributed by atoms with Gasteiger partial charge in [0.25, 0.3) is 0 Å². The van der Waals surface area contributed by atoms with E-state index in [0.29, 0.717) is 17.7 Å². The number of nitrogens with zero attached hydrogens (tertiary/aromatic N) is 2. The molecule has 2 rings (SSSR count). The molecule has 0 atom stereocenters. The lowest BCUT2D eigenvalue weighted by atomic mass is 9.81. The molecule has 0 aromatic heterocycles. The fourth-order valence-electron chi connectivity index (χ4n) is 2.95. The van der Waals surface area contributed by atoms with Gasteiger partial charge < -0.3 is 4.90 Å². The first-order valence-electron chi connectivity index (χ1n) is 7.87. The summed E-state index contributed by atoms with van der Waals surface area (Å²) in [5.41, 5.74) is -1.71. The SMILES string of the molecule is CN(C(=O)CSc1ccc(Cl)c(C(F)(F)F)c1)C1(C#N)CCCCC1. The highest BCUT2D eigenvalue weighted by atomic mass is 35.5. The van der Waals surface area contributed by atoms with E-state index < -0.39 is 17.3 Å². The maximum absolute atomic E-state index is 12.9. The number of amides is 1. The normalized spacial score (nSPS) is 17.0. The number of carbonyl (C=O) groups excluding carboxylic acids is 1. The van der Waals surface area contributed by atoms with Crippen molar-refractivity contribution in [2.75, 3.05) is 12.8 Å². The van der Waals surface area contributed by atoms with Crippen molar-refractivity contribution in [1.29, 1.82) is 5.26 Å². The maximum Gasteiger partial charge on any atom is 0.417 e. The van der Waals surface area contributed by atoms with Crippen LogP contribution < -0.4 is 0 Å². The zero-order valence-electron chi connectivity index (χ0n) is 13.7. The summed E-state index contributed by atoms with van der Waals surface area (Å²) < 4.78 is 38.7. The van der Waals surface area contributed by atoms with Crippen LogP contribution in [0.3, 0.4) is 0 Å². The molecule has 0 radical (unpaired) electrons. The number of alkyl halides is 3. The molecule has 0 saturated heterocycles. The summed E-state index contributed by atoms with van der Waals surface area (Å²) in [7, 11) is 1.60. The van der Waals surface area contributed by atoms with Crippen LogP contribution in [-0.2, 0) is 11.0 Å². The van der Waals surface area contributed by atoms with Crippen LogP contribution in [-0.4, -0.2) is 29.1 Å². The number of nitriles is 1. The number of hydrogen-bond donors (Lipinski definition) is 0. The number of benzene rings is 1. The molecule has 25 heavy (non-hydrogen) atoms. The van der Waals surface area contributed by atoms with E-state index in [1.165, 1.54) is 17.0 Å². The molecular weight excluding hydrogens is 373 g/mol. The molecule has 136 valence electrons. The van der Waals surface area contributed by atoms with Crippen LogP contribution in [0.15, 0.2) is 23.1 Å². The van der Waals surface area contributed by atoms with Gasteiger partial charge in [0, 0.05) is 11.9 Å². The summed E-state index contributed by atoms with van der Waals surface area (Å²) in [5.74, 6) is -0.296. The summed E-state index contributed by atoms with van der Waals surface area (Å²) in [4.78, 5) is 14.2. The lowest BCUT2D eigenvalue weighted by Crippen LogP contribution is -2.50. The molecular formula is C17H18ClF3N2OS. The van der Waals surface area contributed by atoms with Crippen LogP contribution in [0.1, 0.15) is 37.7 Å². The first-order chi connectivity index (χ1) is 11.7. The van der Waals surface area contributed by atoms with Gasteiger partial charge in [0.2, 0.25) is 5.91 Å². The van der Waals surface area contributed by atoms with E-state index in [2.05, 4.69) is 6.07 Å². The van der Waals surface area contributed by atoms with Gasteiger partial charge in [0.15, 0.2) is 0 Å². The van der Waals surface area contributed by atoms with E-state index in [-0.39, 0.29) is 16.7 Å². The van der Waals surface area contributed by atoms with Crippen molar-refractivity contribution in [2.24, 2.45) is 0 Å². The third-order valence-corrected chi connectivity index (χ3v) is 5.82. The maximum atomic E-state index is 12.9. The van der Waals surface area contributed by atoms with Gasteiger partial charge in [-0.3, -0.25) is 4.79 Å². The largest absolute Gasteiger partial charge is 0.417 e. The molecule has 0 heterocycles. The highest BCUT2D eigenvalue weighted by Crippen LogP contribution is 2.37. The molecule has 1 aliphatic rings. The van der Waals surface area contributed by atoms with Crippen molar-refractivity contribution < 1.29 is 18.0 Å². The Labute approximate surface area is 154 Å². The van der Waals surface area contributed by atoms with Crippen LogP contribution in [0.25, 0.3) is 0 Å². The Morgan fingerprint density at radius 3 is 2.56 bits per heavy atom. The molecule has 0 aliphatic heterocycles. The predicted molar refractivity (Wildman–Crippen MR) is 91.4 cm³/mol. The molecule has 3 nitrogen and oxygen atoms in total. The molecule has 0 spiro atoms. The number of halogens is 4. The highest BCUT2D eigenvalue weighted by molar-refractivity contribution is 8.00. The molecule has 8 heteroatoms. The lowest BCUT2D eigenvalue weighted by molar-refractivity contribution is -0.137. The zero-order valence-corrected chi connectivity index (χ0v) is 15.3. The molecule has 1 aromatic carbocycles. The van der Waals surface area contributed by atoms with E-state index in [4.69, 9.17) is 11.6 Å². The van der Waals surface area contributed by atoms with Gasteiger partial charge in [-0.25, -0.2) is 0 Å². The minimum absolute atomic E-state index is 0.0289. The van der Waals surface area contributed by atoms with Gasteiger partial charge in [0.05, 0.1) is 22.4 Å². The van der Waals surface area contributed by atoms with E-state index in [1.807, 2.05) is 0 Å². The Kier molecular flexibility index (Phi) is 6.28. The molecule has 0 unspecified atom stereocenters. The summed E-state index contributed by atoms with van der Waals surface area (Å²) in [6.45, 7) is 0. The van der Waals surface area contributed by atoms with Crippen LogP contribution in [0.4, 0.5) is 13.2 Å². The van der Waals surface area contributed by atoms with Crippen molar-refractivity contribution in [3.63, 3.8) is 0 Å². The average Bonchev–Trinajstić information content (AvgIpc) is 2.59. The standard InChI is InChI=1S/C17H18ClF3N2OS/c1-23(16(11-22)7-3-2-4-8-16)15(24)10-25-12-5-6-14(18)13(9-12)17(19,20)21/h5-6,9H,2-4,7-8,10H2,1H3. The van der Waals surface area contributed by atoms with Gasteiger partial charge in [-0.1, -0.05) is 30.9 Å². The number of hydrogen-bond acceptors (Lipinski definition) is 3. The first-order valence-corrected chi connectivity index (χ1v) is 9.23. The number of thioether (sulfide) groups is 1. The Morgan fingerprint density at radius 1 is 1.36 bits per heavy atom. The Morgan fingerprint density at radius 2 is 2.00 bits per heavy atom. The van der Waals surface area contributed by atoms with Crippen molar-refractivity contribution >= 4 is 29.3 Å². The summed E-state index contributed by atoms with van der Waals surface area (Å²) >= 11 is 6.60. The van der Waals surface area contributed by atoms with Crippen LogP contribution in [0.2, 0.25) is 5.02 Å². The number of carbonyl (C=O) groups is 1. The van der Waals surface area contributed by atoms with Crippen LogP contribution in [0.5, 0.6) is 0 Å². The summed E-state index contributed by atoms with van der Waals surface area (Å²) in [6.07, 6.45) is -0.438. The smallest absolute Gasteiger partial charge is 0.326 e. The molecule has 1 saturated carbocycles. The molecule has 1 aromatic rings. The molecule has 0 bridgehead atoms. The molecule has 1 amide bonds. The minimum atomic E-state index is -4.54. The average molecular weight is 391 g/mol. The second-order valence-corrected chi connectivity index (χ2v) is 7.54. The first kappa shape index (κ1) is 19.9. The van der Waals surface area contributed by atoms with E-state index >= 15 is 0 Å². The topological polar surface area (TPSA) is 44.1 Å². The fraction of sp³-hybridized carbons (Fsp3) is 0.529. The van der Waals surface area contributed by atoms with E-state index in [9.17, 15) is 23.2 Å². The van der Waals surface area contributed by atoms with Gasteiger partial charge in [-0.2, -0.15) is 18.4 Å². The van der Waals surface area contributed by atoms with E-state index in [1.54, 1.807) is 7.05 Å². The van der Waals surface area contributed by atoms with Gasteiger partial charge in [0.1, 0.15) is 5.54 Å². The second kappa shape index (κ2) is 7.88. The highest BCUT2D eigenvalue weighted by Gasteiger charge is 2.38. The van der Waals surface area contributed by atoms with Crippen molar-refractivity contribution in [3.8, 4) is 6.07 Å². The molecule has 1 aliphatic carbocycles. The van der Waals surface area contributed by atoms with Crippen molar-refractivity contribution in [1.82, 2.24) is 4.90 Å². The summed E-state index contributed by atoms with van der Waals surface area (Å²) in [5, 5.41) is 9.14. The Bertz CT molecular complexity index is 681. The third kappa shape index (κ3) is 4.62. The quantitative estimate of drug-likeness (QED) is 0.669. The Hall–Kier alpha value is -1.39. The van der Waals surface area contributed by atoms with Crippen LogP contribution >= 0.6 is 23.4 Å². The third-order valence-electron chi connectivity index (χ3n) is 4.51. The summed E-state index contributed by atoms with van der Waals surface area (Å²) in [6, 6.07) is 5.84. The van der Waals surface area contributed by atoms with Gasteiger partial charge in [-0.15, -0.1) is 11.8 Å². The molecule has 1 fully saturated rings. The molecule has 0 N–H and O–H groups in total. The number of rotatable bonds is 4. The van der Waals surface area contributed by atoms with Crippen molar-refractivity contribution in [3.05, 3.63) is 28.8 Å². The lowest BCUT2D eigenvalue weighted by Gasteiger charge is -2.39. The minimum Gasteiger partial charge on any atom is -0.326 e. The second-order valence-electron chi connectivity index (χ2n) is 6.08. The van der Waals surface area contributed by atoms with Gasteiger partial charge >= 0.3 is 6.18 Å². The Balaban J connectivity index is 2.06. The van der Waals surface area contributed by atoms with E-state index in [0.717, 1.165) is 37.1 Å². The zero-order chi connectivity index (χ0) is 18.7. The predicted octanol–water partition coefficient (Wildman–Crippen LogP) is 5.14. The van der Waals surface area contributed by atoms with Gasteiger partial charge in [-0.05, 0) is 31.0 Å². The van der Waals surface area contributed by atoms with Crippen LogP contribution in [0, 0.1) is 11.3 Å².